The first-order valence-corrected chi connectivity index (χ1v) is 8.63. The molecule has 0 amide bonds. The highest BCUT2D eigenvalue weighted by molar-refractivity contribution is 9.10. The normalized spacial score (nSPS) is 13.0. The summed E-state index contributed by atoms with van der Waals surface area (Å²) in [6.07, 6.45) is 1.02. The fraction of sp³-hybridized carbons (Fsp3) is 0.211. The monoisotopic (exact) mass is 367 g/mol. The Balaban J connectivity index is 1.93. The molecule has 1 N–H and O–H groups in total. The minimum atomic E-state index is 0.971. The van der Waals surface area contributed by atoms with E-state index in [0.717, 1.165) is 40.2 Å². The van der Waals surface area contributed by atoms with Crippen molar-refractivity contribution in [3.8, 4) is 16.9 Å². The Morgan fingerprint density at radius 2 is 1.96 bits per heavy atom. The van der Waals surface area contributed by atoms with E-state index in [4.69, 9.17) is 5.10 Å². The van der Waals surface area contributed by atoms with E-state index in [1.165, 1.54) is 16.7 Å². The third kappa shape index (κ3) is 2.38. The van der Waals surface area contributed by atoms with Crippen LogP contribution >= 0.6 is 15.9 Å². The molecule has 0 spiro atoms. The number of hydrogen-bond acceptors (Lipinski definition) is 2. The number of nitrogens with zero attached hydrogens (tertiary/aromatic N) is 2. The van der Waals surface area contributed by atoms with Crippen molar-refractivity contribution in [2.24, 2.45) is 0 Å². The zero-order valence-corrected chi connectivity index (χ0v) is 14.8. The Kier molecular flexibility index (Phi) is 3.49. The molecule has 2 aromatic carbocycles. The first-order chi connectivity index (χ1) is 11.1. The molecule has 23 heavy (non-hydrogen) atoms. The van der Waals surface area contributed by atoms with E-state index >= 15 is 0 Å². The second kappa shape index (κ2) is 5.53. The van der Waals surface area contributed by atoms with Crippen LogP contribution < -0.4 is 5.32 Å². The molecule has 4 heteroatoms. The van der Waals surface area contributed by atoms with E-state index in [1.54, 1.807) is 0 Å². The number of halogens is 1. The van der Waals surface area contributed by atoms with Gasteiger partial charge in [0.05, 0.1) is 11.4 Å². The Morgan fingerprint density at radius 1 is 1.13 bits per heavy atom. The standard InChI is InChI=1S/C19H18BrN3/c1-12-5-3-8-17(13(12)2)23-19-16(9-10-21-19)18(22-23)14-6-4-7-15(20)11-14/h3-8,11,21H,9-10H2,1-2H3. The second-order valence-corrected chi connectivity index (χ2v) is 6.91. The van der Waals surface area contributed by atoms with Gasteiger partial charge < -0.3 is 5.32 Å². The van der Waals surface area contributed by atoms with Gasteiger partial charge in [0, 0.05) is 22.1 Å². The number of fused-ring (bicyclic) bond motifs is 1. The number of aryl methyl sites for hydroxylation is 1. The van der Waals surface area contributed by atoms with Crippen molar-refractivity contribution in [1.82, 2.24) is 9.78 Å². The summed E-state index contributed by atoms with van der Waals surface area (Å²) in [6, 6.07) is 14.7. The summed E-state index contributed by atoms with van der Waals surface area (Å²) in [5, 5.41) is 8.46. The molecule has 3 aromatic rings. The van der Waals surface area contributed by atoms with Crippen LogP contribution in [0.1, 0.15) is 16.7 Å². The maximum absolute atomic E-state index is 4.95. The first-order valence-electron chi connectivity index (χ1n) is 7.83. The van der Waals surface area contributed by atoms with E-state index in [-0.39, 0.29) is 0 Å². The molecule has 0 saturated heterocycles. The van der Waals surface area contributed by atoms with Crippen LogP contribution in [0.15, 0.2) is 46.9 Å². The summed E-state index contributed by atoms with van der Waals surface area (Å²) in [4.78, 5) is 0. The lowest BCUT2D eigenvalue weighted by atomic mass is 10.1. The molecule has 0 unspecified atom stereocenters. The highest BCUT2D eigenvalue weighted by atomic mass is 79.9. The summed E-state index contributed by atoms with van der Waals surface area (Å²) >= 11 is 3.56. The predicted octanol–water partition coefficient (Wildman–Crippen LogP) is 4.89. The predicted molar refractivity (Wildman–Crippen MR) is 98.4 cm³/mol. The van der Waals surface area contributed by atoms with E-state index in [9.17, 15) is 0 Å². The second-order valence-electron chi connectivity index (χ2n) is 5.99. The molecule has 1 aliphatic rings. The van der Waals surface area contributed by atoms with Crippen LogP contribution in [0.3, 0.4) is 0 Å². The molecule has 2 heterocycles. The van der Waals surface area contributed by atoms with Crippen molar-refractivity contribution >= 4 is 21.7 Å². The van der Waals surface area contributed by atoms with Gasteiger partial charge in [-0.15, -0.1) is 0 Å². The van der Waals surface area contributed by atoms with Crippen LogP contribution in [0.25, 0.3) is 16.9 Å². The molecule has 0 aliphatic carbocycles. The Morgan fingerprint density at radius 3 is 2.78 bits per heavy atom. The Bertz CT molecular complexity index is 896. The third-order valence-electron chi connectivity index (χ3n) is 4.55. The molecule has 3 nitrogen and oxygen atoms in total. The molecule has 0 fully saturated rings. The van der Waals surface area contributed by atoms with Crippen LogP contribution in [0, 0.1) is 13.8 Å². The minimum Gasteiger partial charge on any atom is -0.369 e. The fourth-order valence-corrected chi connectivity index (χ4v) is 3.58. The van der Waals surface area contributed by atoms with Crippen molar-refractivity contribution < 1.29 is 0 Å². The number of hydrogen-bond donors (Lipinski definition) is 1. The third-order valence-corrected chi connectivity index (χ3v) is 5.05. The Labute approximate surface area is 144 Å². The van der Waals surface area contributed by atoms with Gasteiger partial charge in [-0.2, -0.15) is 5.10 Å². The first kappa shape index (κ1) is 14.5. The molecular weight excluding hydrogens is 350 g/mol. The van der Waals surface area contributed by atoms with Crippen molar-refractivity contribution in [3.63, 3.8) is 0 Å². The topological polar surface area (TPSA) is 29.9 Å². The maximum atomic E-state index is 4.95. The van der Waals surface area contributed by atoms with Crippen LogP contribution in [0.2, 0.25) is 0 Å². The van der Waals surface area contributed by atoms with Crippen molar-refractivity contribution in [2.45, 2.75) is 20.3 Å². The van der Waals surface area contributed by atoms with Gasteiger partial charge in [0.25, 0.3) is 0 Å². The zero-order chi connectivity index (χ0) is 16.0. The maximum Gasteiger partial charge on any atom is 0.133 e. The average Bonchev–Trinajstić information content (AvgIpc) is 3.12. The van der Waals surface area contributed by atoms with E-state index in [2.05, 4.69) is 76.2 Å². The number of anilines is 1. The summed E-state index contributed by atoms with van der Waals surface area (Å²) in [5.74, 6) is 1.13. The SMILES string of the molecule is Cc1cccc(-n2nc(-c3cccc(Br)c3)c3c2NCC3)c1C. The van der Waals surface area contributed by atoms with Gasteiger partial charge in [-0.3, -0.25) is 0 Å². The molecule has 0 atom stereocenters. The molecule has 1 aromatic heterocycles. The molecule has 1 aliphatic heterocycles. The van der Waals surface area contributed by atoms with Gasteiger partial charge in [0.1, 0.15) is 5.82 Å². The van der Waals surface area contributed by atoms with E-state index < -0.39 is 0 Å². The lowest BCUT2D eigenvalue weighted by Gasteiger charge is -2.11. The van der Waals surface area contributed by atoms with Crippen molar-refractivity contribution in [2.75, 3.05) is 11.9 Å². The number of rotatable bonds is 2. The summed E-state index contributed by atoms with van der Waals surface area (Å²) in [5.41, 5.74) is 7.25. The smallest absolute Gasteiger partial charge is 0.133 e. The lowest BCUT2D eigenvalue weighted by molar-refractivity contribution is 0.873. The molecule has 116 valence electrons. The fourth-order valence-electron chi connectivity index (χ4n) is 3.18. The van der Waals surface area contributed by atoms with Crippen LogP contribution in [-0.4, -0.2) is 16.3 Å². The highest BCUT2D eigenvalue weighted by Crippen LogP contribution is 2.36. The van der Waals surface area contributed by atoms with Crippen molar-refractivity contribution in [3.05, 3.63) is 63.6 Å². The summed E-state index contributed by atoms with van der Waals surface area (Å²) in [6.45, 7) is 5.27. The quantitative estimate of drug-likeness (QED) is 0.698. The minimum absolute atomic E-state index is 0.971. The molecule has 4 rings (SSSR count). The zero-order valence-electron chi connectivity index (χ0n) is 13.2. The van der Waals surface area contributed by atoms with Crippen molar-refractivity contribution in [1.29, 1.82) is 0 Å². The van der Waals surface area contributed by atoms with Crippen LogP contribution in [0.5, 0.6) is 0 Å². The summed E-state index contributed by atoms with van der Waals surface area (Å²) in [7, 11) is 0. The van der Waals surface area contributed by atoms with E-state index in [0.29, 0.717) is 0 Å². The number of benzene rings is 2. The molecule has 0 saturated carbocycles. The van der Waals surface area contributed by atoms with Gasteiger partial charge in [-0.1, -0.05) is 40.2 Å². The molecule has 0 radical (unpaired) electrons. The summed E-state index contributed by atoms with van der Waals surface area (Å²) < 4.78 is 3.15. The van der Waals surface area contributed by atoms with Gasteiger partial charge >= 0.3 is 0 Å². The van der Waals surface area contributed by atoms with Gasteiger partial charge in [0.2, 0.25) is 0 Å². The van der Waals surface area contributed by atoms with Crippen LogP contribution in [0.4, 0.5) is 5.82 Å². The largest absolute Gasteiger partial charge is 0.369 e. The van der Waals surface area contributed by atoms with Gasteiger partial charge in [0.15, 0.2) is 0 Å². The average molecular weight is 368 g/mol. The highest BCUT2D eigenvalue weighted by Gasteiger charge is 2.24. The molecule has 0 bridgehead atoms. The van der Waals surface area contributed by atoms with Gasteiger partial charge in [-0.05, 0) is 49.6 Å². The van der Waals surface area contributed by atoms with E-state index in [1.807, 2.05) is 6.07 Å². The lowest BCUT2D eigenvalue weighted by Crippen LogP contribution is -2.06. The van der Waals surface area contributed by atoms with Crippen LogP contribution in [-0.2, 0) is 6.42 Å². The number of aromatic nitrogens is 2. The van der Waals surface area contributed by atoms with Gasteiger partial charge in [-0.25, -0.2) is 4.68 Å². The number of nitrogens with one attached hydrogen (secondary N) is 1. The Hall–Kier alpha value is -2.07. The molecular formula is C19H18BrN3.